The lowest BCUT2D eigenvalue weighted by Gasteiger charge is -2.38. The lowest BCUT2D eigenvalue weighted by atomic mass is 9.66. The molecule has 1 atom stereocenters. The van der Waals surface area contributed by atoms with E-state index in [0.717, 1.165) is 18.8 Å². The smallest absolute Gasteiger partial charge is 0.00469 e. The van der Waals surface area contributed by atoms with Crippen LogP contribution < -0.4 is 0 Å². The molecule has 1 saturated carbocycles. The van der Waals surface area contributed by atoms with Crippen molar-refractivity contribution >= 4 is 0 Å². The van der Waals surface area contributed by atoms with Gasteiger partial charge in [-0.3, -0.25) is 0 Å². The molecule has 2 aromatic rings. The Labute approximate surface area is 199 Å². The van der Waals surface area contributed by atoms with Gasteiger partial charge in [-0.25, -0.2) is 0 Å². The van der Waals surface area contributed by atoms with Crippen LogP contribution in [0.2, 0.25) is 0 Å². The summed E-state index contributed by atoms with van der Waals surface area (Å²) in [5.74, 6) is 0.833. The number of rotatable bonds is 12. The van der Waals surface area contributed by atoms with Crippen LogP contribution in [-0.2, 0) is 24.7 Å². The van der Waals surface area contributed by atoms with Crippen molar-refractivity contribution in [2.75, 3.05) is 0 Å². The summed E-state index contributed by atoms with van der Waals surface area (Å²) in [5, 5.41) is 0. The van der Waals surface area contributed by atoms with E-state index in [2.05, 4.69) is 70.2 Å². The minimum absolute atomic E-state index is 0.460. The molecule has 0 bridgehead atoms. The van der Waals surface area contributed by atoms with E-state index in [9.17, 15) is 0 Å². The minimum Gasteiger partial charge on any atom is -0.0654 e. The third kappa shape index (κ3) is 6.97. The summed E-state index contributed by atoms with van der Waals surface area (Å²) in [6, 6.07) is 17.0. The van der Waals surface area contributed by atoms with E-state index in [-0.39, 0.29) is 0 Å². The SMILES string of the molecule is CCCCCC1(c2ccc(CCc3ccc(CCC(C)CC)cc3)c(C)c2)CCCCC1. The Morgan fingerprint density at radius 2 is 1.50 bits per heavy atom. The molecule has 1 fully saturated rings. The number of benzene rings is 2. The first-order valence-electron chi connectivity index (χ1n) is 13.7. The molecule has 1 aliphatic rings. The normalized spacial score (nSPS) is 16.8. The second kappa shape index (κ2) is 12.6. The second-order valence-electron chi connectivity index (χ2n) is 10.8. The van der Waals surface area contributed by atoms with Gasteiger partial charge >= 0.3 is 0 Å². The highest BCUT2D eigenvalue weighted by Gasteiger charge is 2.33. The molecule has 176 valence electrons. The maximum atomic E-state index is 2.56. The lowest BCUT2D eigenvalue weighted by Crippen LogP contribution is -2.29. The average molecular weight is 433 g/mol. The Hall–Kier alpha value is -1.56. The van der Waals surface area contributed by atoms with E-state index in [1.54, 1.807) is 5.56 Å². The molecule has 0 N–H and O–H groups in total. The fourth-order valence-corrected chi connectivity index (χ4v) is 5.70. The highest BCUT2D eigenvalue weighted by Crippen LogP contribution is 2.44. The van der Waals surface area contributed by atoms with E-state index in [4.69, 9.17) is 0 Å². The summed E-state index contributed by atoms with van der Waals surface area (Å²) in [6.07, 6.45) is 18.7. The van der Waals surface area contributed by atoms with E-state index < -0.39 is 0 Å². The fourth-order valence-electron chi connectivity index (χ4n) is 5.70. The molecule has 0 amide bonds. The fraction of sp³-hybridized carbons (Fsp3) is 0.625. The number of aryl methyl sites for hydroxylation is 4. The molecule has 2 aromatic carbocycles. The molecule has 0 aromatic heterocycles. The summed E-state index contributed by atoms with van der Waals surface area (Å²) in [4.78, 5) is 0. The summed E-state index contributed by atoms with van der Waals surface area (Å²) in [5.41, 5.74) is 8.11. The van der Waals surface area contributed by atoms with Crippen molar-refractivity contribution in [2.45, 2.75) is 123 Å². The van der Waals surface area contributed by atoms with Gasteiger partial charge in [0.2, 0.25) is 0 Å². The van der Waals surface area contributed by atoms with Gasteiger partial charge in [0.05, 0.1) is 0 Å². The van der Waals surface area contributed by atoms with Gasteiger partial charge in [0.25, 0.3) is 0 Å². The van der Waals surface area contributed by atoms with Crippen molar-refractivity contribution < 1.29 is 0 Å². The Kier molecular flexibility index (Phi) is 9.89. The molecule has 1 unspecified atom stereocenters. The largest absolute Gasteiger partial charge is 0.0654 e. The number of unbranched alkanes of at least 4 members (excludes halogenated alkanes) is 2. The Morgan fingerprint density at radius 1 is 0.812 bits per heavy atom. The van der Waals surface area contributed by atoms with Gasteiger partial charge in [-0.05, 0) is 91.0 Å². The number of hydrogen-bond donors (Lipinski definition) is 0. The molecule has 32 heavy (non-hydrogen) atoms. The summed E-state index contributed by atoms with van der Waals surface area (Å²) < 4.78 is 0. The molecule has 0 aliphatic heterocycles. The standard InChI is InChI=1S/C32H48/c1-5-7-9-22-32(23-10-8-11-24-32)31-21-20-30(27(4)25-31)19-18-29-16-14-28(15-17-29)13-12-26(3)6-2/h14-17,20-21,25-26H,5-13,18-19,22-24H2,1-4H3. The molecule has 0 nitrogen and oxygen atoms in total. The van der Waals surface area contributed by atoms with Crippen LogP contribution in [0.15, 0.2) is 42.5 Å². The quantitative estimate of drug-likeness (QED) is 0.293. The molecule has 0 saturated heterocycles. The minimum atomic E-state index is 0.460. The predicted octanol–water partition coefficient (Wildman–Crippen LogP) is 9.54. The second-order valence-corrected chi connectivity index (χ2v) is 10.8. The third-order valence-corrected chi connectivity index (χ3v) is 8.35. The average Bonchev–Trinajstić information content (AvgIpc) is 2.83. The van der Waals surface area contributed by atoms with Crippen LogP contribution >= 0.6 is 0 Å². The van der Waals surface area contributed by atoms with Crippen LogP contribution in [0.3, 0.4) is 0 Å². The first-order valence-corrected chi connectivity index (χ1v) is 13.7. The topological polar surface area (TPSA) is 0 Å². The maximum Gasteiger partial charge on any atom is -0.00469 e. The van der Waals surface area contributed by atoms with Crippen molar-refractivity contribution in [3.63, 3.8) is 0 Å². The van der Waals surface area contributed by atoms with Crippen molar-refractivity contribution in [3.05, 3.63) is 70.3 Å². The summed E-state index contributed by atoms with van der Waals surface area (Å²) >= 11 is 0. The highest BCUT2D eigenvalue weighted by atomic mass is 14.4. The van der Waals surface area contributed by atoms with Gasteiger partial charge in [0.1, 0.15) is 0 Å². The van der Waals surface area contributed by atoms with Gasteiger partial charge in [-0.15, -0.1) is 0 Å². The van der Waals surface area contributed by atoms with E-state index in [1.165, 1.54) is 99.3 Å². The first-order chi connectivity index (χ1) is 15.6. The van der Waals surface area contributed by atoms with Gasteiger partial charge in [0.15, 0.2) is 0 Å². The summed E-state index contributed by atoms with van der Waals surface area (Å²) in [6.45, 7) is 9.33. The Bertz CT molecular complexity index is 791. The van der Waals surface area contributed by atoms with Gasteiger partial charge in [-0.2, -0.15) is 0 Å². The van der Waals surface area contributed by atoms with Gasteiger partial charge in [0, 0.05) is 0 Å². The molecule has 1 aliphatic carbocycles. The van der Waals surface area contributed by atoms with Crippen LogP contribution in [0, 0.1) is 12.8 Å². The Balaban J connectivity index is 1.61. The van der Waals surface area contributed by atoms with Gasteiger partial charge in [-0.1, -0.05) is 108 Å². The van der Waals surface area contributed by atoms with E-state index in [0.29, 0.717) is 5.41 Å². The third-order valence-electron chi connectivity index (χ3n) is 8.35. The predicted molar refractivity (Wildman–Crippen MR) is 142 cm³/mol. The monoisotopic (exact) mass is 432 g/mol. The summed E-state index contributed by atoms with van der Waals surface area (Å²) in [7, 11) is 0. The van der Waals surface area contributed by atoms with Crippen molar-refractivity contribution in [2.24, 2.45) is 5.92 Å². The zero-order valence-corrected chi connectivity index (χ0v) is 21.5. The van der Waals surface area contributed by atoms with Crippen LogP contribution in [0.1, 0.15) is 119 Å². The lowest BCUT2D eigenvalue weighted by molar-refractivity contribution is 0.266. The van der Waals surface area contributed by atoms with Crippen LogP contribution in [-0.4, -0.2) is 0 Å². The van der Waals surface area contributed by atoms with Crippen LogP contribution in [0.4, 0.5) is 0 Å². The molecular formula is C32H48. The van der Waals surface area contributed by atoms with E-state index in [1.807, 2.05) is 0 Å². The highest BCUT2D eigenvalue weighted by molar-refractivity contribution is 5.36. The van der Waals surface area contributed by atoms with Crippen molar-refractivity contribution in [3.8, 4) is 0 Å². The first kappa shape index (κ1) is 25.1. The van der Waals surface area contributed by atoms with Crippen LogP contribution in [0.25, 0.3) is 0 Å². The molecular weight excluding hydrogens is 384 g/mol. The Morgan fingerprint density at radius 3 is 2.12 bits per heavy atom. The molecule has 0 radical (unpaired) electrons. The van der Waals surface area contributed by atoms with Crippen molar-refractivity contribution in [1.29, 1.82) is 0 Å². The molecule has 0 heterocycles. The molecule has 0 spiro atoms. The molecule has 0 heteroatoms. The molecule has 3 rings (SSSR count). The van der Waals surface area contributed by atoms with Gasteiger partial charge < -0.3 is 0 Å². The van der Waals surface area contributed by atoms with Crippen molar-refractivity contribution in [1.82, 2.24) is 0 Å². The zero-order chi connectivity index (χ0) is 22.8. The zero-order valence-electron chi connectivity index (χ0n) is 21.5. The maximum absolute atomic E-state index is 2.56. The van der Waals surface area contributed by atoms with Crippen LogP contribution in [0.5, 0.6) is 0 Å². The van der Waals surface area contributed by atoms with E-state index >= 15 is 0 Å². The number of hydrogen-bond acceptors (Lipinski definition) is 0.